The molecule has 0 fully saturated rings. The van der Waals surface area contributed by atoms with Gasteiger partial charge in [0, 0.05) is 17.7 Å². The summed E-state index contributed by atoms with van der Waals surface area (Å²) in [6, 6.07) is 3.57. The van der Waals surface area contributed by atoms with Gasteiger partial charge in [-0.2, -0.15) is 0 Å². The molecule has 3 nitrogen and oxygen atoms in total. The van der Waals surface area contributed by atoms with Gasteiger partial charge in [-0.3, -0.25) is 4.39 Å². The molecule has 0 radical (unpaired) electrons. The van der Waals surface area contributed by atoms with E-state index in [1.54, 1.807) is 0 Å². The van der Waals surface area contributed by atoms with Gasteiger partial charge in [-0.05, 0) is 12.5 Å². The SMILES string of the molecule is Cl.N[C@@H](CCF)c1ccc(O)cc1O. The van der Waals surface area contributed by atoms with Crippen LogP contribution < -0.4 is 5.73 Å². The first-order valence-corrected chi connectivity index (χ1v) is 3.98. The van der Waals surface area contributed by atoms with E-state index in [2.05, 4.69) is 0 Å². The highest BCUT2D eigenvalue weighted by molar-refractivity contribution is 5.85. The summed E-state index contributed by atoms with van der Waals surface area (Å²) in [7, 11) is 0. The van der Waals surface area contributed by atoms with E-state index in [-0.39, 0.29) is 30.3 Å². The molecular weight excluding hydrogens is 209 g/mol. The second-order valence-corrected chi connectivity index (χ2v) is 2.83. The van der Waals surface area contributed by atoms with E-state index < -0.39 is 12.7 Å². The summed E-state index contributed by atoms with van der Waals surface area (Å²) in [6.45, 7) is -0.526. The summed E-state index contributed by atoms with van der Waals surface area (Å²) >= 11 is 0. The minimum absolute atomic E-state index is 0. The van der Waals surface area contributed by atoms with Gasteiger partial charge in [-0.1, -0.05) is 6.07 Å². The van der Waals surface area contributed by atoms with Crippen molar-refractivity contribution in [3.05, 3.63) is 23.8 Å². The molecule has 0 bridgehead atoms. The van der Waals surface area contributed by atoms with Crippen molar-refractivity contribution in [2.75, 3.05) is 6.67 Å². The first-order valence-electron chi connectivity index (χ1n) is 3.98. The number of aromatic hydroxyl groups is 2. The Labute approximate surface area is 87.8 Å². The highest BCUT2D eigenvalue weighted by atomic mass is 35.5. The van der Waals surface area contributed by atoms with Crippen molar-refractivity contribution >= 4 is 12.4 Å². The lowest BCUT2D eigenvalue weighted by Gasteiger charge is -2.11. The Balaban J connectivity index is 0.00000169. The van der Waals surface area contributed by atoms with Crippen molar-refractivity contribution in [2.45, 2.75) is 12.5 Å². The predicted molar refractivity (Wildman–Crippen MR) is 54.5 cm³/mol. The lowest BCUT2D eigenvalue weighted by atomic mass is 10.0. The Morgan fingerprint density at radius 1 is 1.36 bits per heavy atom. The van der Waals surface area contributed by atoms with Crippen molar-refractivity contribution in [1.29, 1.82) is 0 Å². The summed E-state index contributed by atoms with van der Waals surface area (Å²) in [5.74, 6) is -0.130. The first kappa shape index (κ1) is 13.0. The Morgan fingerprint density at radius 3 is 2.50 bits per heavy atom. The number of phenols is 2. The van der Waals surface area contributed by atoms with E-state index in [0.29, 0.717) is 5.56 Å². The molecular formula is C9H13ClFNO2. The van der Waals surface area contributed by atoms with Gasteiger partial charge >= 0.3 is 0 Å². The Morgan fingerprint density at radius 2 is 2.00 bits per heavy atom. The Kier molecular flexibility index (Phi) is 5.27. The number of alkyl halides is 1. The van der Waals surface area contributed by atoms with Gasteiger partial charge in [0.1, 0.15) is 11.5 Å². The van der Waals surface area contributed by atoms with Crippen LogP contribution in [0.3, 0.4) is 0 Å². The Bertz CT molecular complexity index is 296. The molecule has 1 aromatic carbocycles. The Hall–Kier alpha value is -1.00. The lowest BCUT2D eigenvalue weighted by molar-refractivity contribution is 0.419. The fourth-order valence-electron chi connectivity index (χ4n) is 1.12. The van der Waals surface area contributed by atoms with Crippen LogP contribution in [-0.2, 0) is 0 Å². The fourth-order valence-corrected chi connectivity index (χ4v) is 1.12. The van der Waals surface area contributed by atoms with Crippen molar-refractivity contribution in [3.8, 4) is 11.5 Å². The van der Waals surface area contributed by atoms with Crippen molar-refractivity contribution in [3.63, 3.8) is 0 Å². The smallest absolute Gasteiger partial charge is 0.124 e. The van der Waals surface area contributed by atoms with Crippen molar-refractivity contribution in [1.82, 2.24) is 0 Å². The van der Waals surface area contributed by atoms with E-state index in [9.17, 15) is 9.50 Å². The highest BCUT2D eigenvalue weighted by Crippen LogP contribution is 2.28. The lowest BCUT2D eigenvalue weighted by Crippen LogP contribution is -2.10. The van der Waals surface area contributed by atoms with Gasteiger partial charge in [0.05, 0.1) is 6.67 Å². The van der Waals surface area contributed by atoms with Crippen LogP contribution in [0.2, 0.25) is 0 Å². The number of phenolic OH excluding ortho intramolecular Hbond substituents is 2. The van der Waals surface area contributed by atoms with Crippen LogP contribution in [0, 0.1) is 0 Å². The monoisotopic (exact) mass is 221 g/mol. The second-order valence-electron chi connectivity index (χ2n) is 2.83. The van der Waals surface area contributed by atoms with E-state index in [1.807, 2.05) is 0 Å². The van der Waals surface area contributed by atoms with Crippen LogP contribution in [-0.4, -0.2) is 16.9 Å². The molecule has 0 heterocycles. The summed E-state index contributed by atoms with van der Waals surface area (Å²) in [5.41, 5.74) is 6.03. The van der Waals surface area contributed by atoms with Gasteiger partial charge in [0.15, 0.2) is 0 Å². The molecule has 0 aromatic heterocycles. The van der Waals surface area contributed by atoms with Gasteiger partial charge in [0.25, 0.3) is 0 Å². The topological polar surface area (TPSA) is 66.5 Å². The minimum atomic E-state index is -0.526. The maximum Gasteiger partial charge on any atom is 0.124 e. The van der Waals surface area contributed by atoms with Crippen LogP contribution in [0.5, 0.6) is 11.5 Å². The molecule has 0 spiro atoms. The number of hydrogen-bond donors (Lipinski definition) is 3. The van der Waals surface area contributed by atoms with Crippen LogP contribution in [0.15, 0.2) is 18.2 Å². The largest absolute Gasteiger partial charge is 0.508 e. The molecule has 0 saturated carbocycles. The summed E-state index contributed by atoms with van der Waals surface area (Å²) < 4.78 is 11.9. The van der Waals surface area contributed by atoms with Crippen LogP contribution in [0.4, 0.5) is 4.39 Å². The van der Waals surface area contributed by atoms with Gasteiger partial charge in [-0.15, -0.1) is 12.4 Å². The van der Waals surface area contributed by atoms with E-state index in [1.165, 1.54) is 18.2 Å². The summed E-state index contributed by atoms with van der Waals surface area (Å²) in [4.78, 5) is 0. The zero-order valence-corrected chi connectivity index (χ0v) is 8.30. The molecule has 0 aliphatic rings. The number of hydrogen-bond acceptors (Lipinski definition) is 3. The molecule has 1 aromatic rings. The predicted octanol–water partition coefficient (Wildman–Crippen LogP) is 1.88. The average Bonchev–Trinajstić information content (AvgIpc) is 2.04. The molecule has 0 aliphatic heterocycles. The summed E-state index contributed by atoms with van der Waals surface area (Å²) in [6.07, 6.45) is 0.165. The number of rotatable bonds is 3. The van der Waals surface area contributed by atoms with Crippen molar-refractivity contribution < 1.29 is 14.6 Å². The van der Waals surface area contributed by atoms with E-state index in [4.69, 9.17) is 10.8 Å². The normalized spacial score (nSPS) is 11.9. The molecule has 0 amide bonds. The molecule has 14 heavy (non-hydrogen) atoms. The van der Waals surface area contributed by atoms with Crippen LogP contribution in [0.25, 0.3) is 0 Å². The maximum absolute atomic E-state index is 11.9. The fraction of sp³-hybridized carbons (Fsp3) is 0.333. The number of halogens is 2. The van der Waals surface area contributed by atoms with Crippen LogP contribution >= 0.6 is 12.4 Å². The average molecular weight is 222 g/mol. The van der Waals surface area contributed by atoms with E-state index >= 15 is 0 Å². The minimum Gasteiger partial charge on any atom is -0.508 e. The third-order valence-corrected chi connectivity index (χ3v) is 1.83. The molecule has 0 saturated heterocycles. The standard InChI is InChI=1S/C9H12FNO2.ClH/c10-4-3-8(11)7-2-1-6(12)5-9(7)13;/h1-2,5,8,12-13H,3-4,11H2;1H/t8-;/m0./s1. The van der Waals surface area contributed by atoms with Crippen LogP contribution in [0.1, 0.15) is 18.0 Å². The van der Waals surface area contributed by atoms with Gasteiger partial charge < -0.3 is 15.9 Å². The molecule has 4 N–H and O–H groups in total. The molecule has 80 valence electrons. The molecule has 1 atom stereocenters. The number of nitrogens with two attached hydrogens (primary N) is 1. The zero-order chi connectivity index (χ0) is 9.84. The second kappa shape index (κ2) is 5.67. The van der Waals surface area contributed by atoms with Crippen molar-refractivity contribution in [2.24, 2.45) is 5.73 Å². The molecule has 5 heteroatoms. The highest BCUT2D eigenvalue weighted by Gasteiger charge is 2.10. The molecule has 0 unspecified atom stereocenters. The van der Waals surface area contributed by atoms with E-state index in [0.717, 1.165) is 0 Å². The third kappa shape index (κ3) is 3.05. The first-order chi connectivity index (χ1) is 6.15. The summed E-state index contributed by atoms with van der Waals surface area (Å²) in [5, 5.41) is 18.3. The zero-order valence-electron chi connectivity index (χ0n) is 7.48. The maximum atomic E-state index is 11.9. The quantitative estimate of drug-likeness (QED) is 0.730. The number of benzene rings is 1. The van der Waals surface area contributed by atoms with Gasteiger partial charge in [0.2, 0.25) is 0 Å². The molecule has 0 aliphatic carbocycles. The molecule has 1 rings (SSSR count). The van der Waals surface area contributed by atoms with Gasteiger partial charge in [-0.25, -0.2) is 0 Å². The third-order valence-electron chi connectivity index (χ3n) is 1.83.